The number of urea groups is 1. The van der Waals surface area contributed by atoms with Gasteiger partial charge in [0, 0.05) is 20.3 Å². The molecule has 5 nitrogen and oxygen atoms in total. The minimum atomic E-state index is -0.158. The van der Waals surface area contributed by atoms with Crippen LogP contribution in [0.5, 0.6) is 5.75 Å². The highest BCUT2D eigenvalue weighted by atomic mass is 16.5. The maximum absolute atomic E-state index is 11.4. The Morgan fingerprint density at radius 1 is 1.05 bits per heavy atom. The van der Waals surface area contributed by atoms with Crippen molar-refractivity contribution in [3.63, 3.8) is 0 Å². The average Bonchev–Trinajstić information content (AvgIpc) is 2.44. The molecule has 0 heterocycles. The van der Waals surface area contributed by atoms with E-state index < -0.39 is 0 Å². The summed E-state index contributed by atoms with van der Waals surface area (Å²) in [6, 6.07) is 9.37. The van der Waals surface area contributed by atoms with Gasteiger partial charge in [0.2, 0.25) is 0 Å². The van der Waals surface area contributed by atoms with Gasteiger partial charge in [-0.2, -0.15) is 0 Å². The number of nitrogens with one attached hydrogen (secondary N) is 2. The summed E-state index contributed by atoms with van der Waals surface area (Å²) < 4.78 is 10.4. The van der Waals surface area contributed by atoms with Crippen LogP contribution in [-0.2, 0) is 4.74 Å². The summed E-state index contributed by atoms with van der Waals surface area (Å²) in [5, 5.41) is 5.52. The van der Waals surface area contributed by atoms with Crippen molar-refractivity contribution in [2.75, 3.05) is 33.4 Å². The molecule has 1 aromatic carbocycles. The predicted octanol–water partition coefficient (Wildman–Crippen LogP) is 1.79. The van der Waals surface area contributed by atoms with Crippen LogP contribution in [0.3, 0.4) is 0 Å². The molecule has 0 fully saturated rings. The fourth-order valence-corrected chi connectivity index (χ4v) is 1.49. The van der Waals surface area contributed by atoms with Crippen LogP contribution in [-0.4, -0.2) is 39.4 Å². The topological polar surface area (TPSA) is 59.6 Å². The number of hydrogen-bond donors (Lipinski definition) is 2. The van der Waals surface area contributed by atoms with Crippen LogP contribution < -0.4 is 15.4 Å². The molecule has 0 atom stereocenters. The minimum absolute atomic E-state index is 0.158. The number of benzene rings is 1. The molecule has 0 unspecified atom stereocenters. The van der Waals surface area contributed by atoms with Gasteiger partial charge in [0.05, 0.1) is 6.54 Å². The lowest BCUT2D eigenvalue weighted by Crippen LogP contribution is -2.38. The number of rotatable bonds is 9. The maximum Gasteiger partial charge on any atom is 0.314 e. The number of carbonyl (C=O) groups is 1. The minimum Gasteiger partial charge on any atom is -0.492 e. The highest BCUT2D eigenvalue weighted by Gasteiger charge is 1.98. The van der Waals surface area contributed by atoms with Gasteiger partial charge >= 0.3 is 6.03 Å². The van der Waals surface area contributed by atoms with E-state index in [0.29, 0.717) is 19.7 Å². The fourth-order valence-electron chi connectivity index (χ4n) is 1.49. The summed E-state index contributed by atoms with van der Waals surface area (Å²) in [7, 11) is 1.67. The molecule has 1 aromatic rings. The molecule has 19 heavy (non-hydrogen) atoms. The first-order valence-electron chi connectivity index (χ1n) is 6.51. The molecule has 2 N–H and O–H groups in total. The van der Waals surface area contributed by atoms with Crippen molar-refractivity contribution in [2.24, 2.45) is 0 Å². The Morgan fingerprint density at radius 3 is 2.53 bits per heavy atom. The number of methoxy groups -OCH3 is 1. The zero-order valence-electron chi connectivity index (χ0n) is 11.4. The van der Waals surface area contributed by atoms with Crippen molar-refractivity contribution < 1.29 is 14.3 Å². The number of para-hydroxylation sites is 1. The maximum atomic E-state index is 11.4. The number of hydrogen-bond acceptors (Lipinski definition) is 3. The standard InChI is InChI=1S/C14H22N2O3/c1-18-11-6-5-9-15-14(17)16-10-12-19-13-7-3-2-4-8-13/h2-4,7-8H,5-6,9-12H2,1H3,(H2,15,16,17). The zero-order valence-corrected chi connectivity index (χ0v) is 11.4. The molecule has 0 aromatic heterocycles. The Kier molecular flexibility index (Phi) is 8.22. The van der Waals surface area contributed by atoms with Crippen molar-refractivity contribution in [3.8, 4) is 5.75 Å². The van der Waals surface area contributed by atoms with E-state index in [2.05, 4.69) is 10.6 Å². The fraction of sp³-hybridized carbons (Fsp3) is 0.500. The molecule has 0 spiro atoms. The molecule has 0 aliphatic heterocycles. The molecule has 5 heteroatoms. The van der Waals surface area contributed by atoms with Crippen LogP contribution in [0.4, 0.5) is 4.79 Å². The van der Waals surface area contributed by atoms with Gasteiger partial charge in [0.25, 0.3) is 0 Å². The lowest BCUT2D eigenvalue weighted by atomic mass is 10.3. The third-order valence-electron chi connectivity index (χ3n) is 2.46. The normalized spacial score (nSPS) is 9.95. The first-order valence-corrected chi connectivity index (χ1v) is 6.51. The highest BCUT2D eigenvalue weighted by molar-refractivity contribution is 5.73. The highest BCUT2D eigenvalue weighted by Crippen LogP contribution is 2.07. The Hall–Kier alpha value is -1.75. The molecule has 0 aliphatic rings. The van der Waals surface area contributed by atoms with Crippen molar-refractivity contribution >= 4 is 6.03 Å². The molecule has 2 amide bonds. The predicted molar refractivity (Wildman–Crippen MR) is 74.4 cm³/mol. The van der Waals surface area contributed by atoms with Crippen LogP contribution in [0.1, 0.15) is 12.8 Å². The van der Waals surface area contributed by atoms with E-state index in [-0.39, 0.29) is 6.03 Å². The van der Waals surface area contributed by atoms with Crippen molar-refractivity contribution in [3.05, 3.63) is 30.3 Å². The van der Waals surface area contributed by atoms with Crippen LogP contribution >= 0.6 is 0 Å². The summed E-state index contributed by atoms with van der Waals surface area (Å²) in [5.74, 6) is 0.810. The van der Waals surface area contributed by atoms with E-state index in [4.69, 9.17) is 9.47 Å². The monoisotopic (exact) mass is 266 g/mol. The second-order valence-corrected chi connectivity index (χ2v) is 4.04. The third-order valence-corrected chi connectivity index (χ3v) is 2.46. The molecule has 1 rings (SSSR count). The van der Waals surface area contributed by atoms with Gasteiger partial charge in [-0.25, -0.2) is 4.79 Å². The first-order chi connectivity index (χ1) is 9.33. The van der Waals surface area contributed by atoms with Gasteiger partial charge in [-0.05, 0) is 25.0 Å². The van der Waals surface area contributed by atoms with E-state index in [1.54, 1.807) is 7.11 Å². The summed E-state index contributed by atoms with van der Waals surface area (Å²) in [4.78, 5) is 11.4. The van der Waals surface area contributed by atoms with Crippen LogP contribution in [0, 0.1) is 0 Å². The second kappa shape index (κ2) is 10.2. The van der Waals surface area contributed by atoms with Crippen LogP contribution in [0.2, 0.25) is 0 Å². The van der Waals surface area contributed by atoms with Crippen molar-refractivity contribution in [1.82, 2.24) is 10.6 Å². The smallest absolute Gasteiger partial charge is 0.314 e. The second-order valence-electron chi connectivity index (χ2n) is 4.04. The van der Waals surface area contributed by atoms with Gasteiger partial charge < -0.3 is 20.1 Å². The summed E-state index contributed by atoms with van der Waals surface area (Å²) in [5.41, 5.74) is 0. The summed E-state index contributed by atoms with van der Waals surface area (Å²) in [6.45, 7) is 2.34. The number of amides is 2. The number of carbonyl (C=O) groups excluding carboxylic acids is 1. The van der Waals surface area contributed by atoms with Gasteiger partial charge in [0.1, 0.15) is 12.4 Å². The van der Waals surface area contributed by atoms with E-state index in [0.717, 1.165) is 25.2 Å². The third kappa shape index (κ3) is 8.05. The summed E-state index contributed by atoms with van der Waals surface area (Å²) in [6.07, 6.45) is 1.87. The van der Waals surface area contributed by atoms with Gasteiger partial charge in [0.15, 0.2) is 0 Å². The van der Waals surface area contributed by atoms with E-state index in [9.17, 15) is 4.79 Å². The molecular weight excluding hydrogens is 244 g/mol. The zero-order chi connectivity index (χ0) is 13.8. The van der Waals surface area contributed by atoms with E-state index in [1.807, 2.05) is 30.3 Å². The largest absolute Gasteiger partial charge is 0.492 e. The molecule has 0 saturated carbocycles. The molecule has 0 saturated heterocycles. The Morgan fingerprint density at radius 2 is 1.79 bits per heavy atom. The van der Waals surface area contributed by atoms with Crippen LogP contribution in [0.25, 0.3) is 0 Å². The molecule has 106 valence electrons. The SMILES string of the molecule is COCCCCNC(=O)NCCOc1ccccc1. The lowest BCUT2D eigenvalue weighted by Gasteiger charge is -2.08. The summed E-state index contributed by atoms with van der Waals surface area (Å²) >= 11 is 0. The van der Waals surface area contributed by atoms with Crippen LogP contribution in [0.15, 0.2) is 30.3 Å². The lowest BCUT2D eigenvalue weighted by molar-refractivity contribution is 0.192. The molecule has 0 aliphatic carbocycles. The Labute approximate surface area is 114 Å². The van der Waals surface area contributed by atoms with Gasteiger partial charge in [-0.15, -0.1) is 0 Å². The van der Waals surface area contributed by atoms with Crippen molar-refractivity contribution in [1.29, 1.82) is 0 Å². The van der Waals surface area contributed by atoms with Crippen molar-refractivity contribution in [2.45, 2.75) is 12.8 Å². The van der Waals surface area contributed by atoms with E-state index >= 15 is 0 Å². The Bertz CT molecular complexity index is 344. The van der Waals surface area contributed by atoms with Gasteiger partial charge in [-0.3, -0.25) is 0 Å². The Balaban J connectivity index is 1.95. The van der Waals surface area contributed by atoms with E-state index in [1.165, 1.54) is 0 Å². The molecule has 0 radical (unpaired) electrons. The molecular formula is C14H22N2O3. The number of unbranched alkanes of at least 4 members (excludes halogenated alkanes) is 1. The average molecular weight is 266 g/mol. The number of ether oxygens (including phenoxy) is 2. The van der Waals surface area contributed by atoms with Gasteiger partial charge in [-0.1, -0.05) is 18.2 Å². The quantitative estimate of drug-likeness (QED) is 0.670. The first kappa shape index (κ1) is 15.3. The molecule has 0 bridgehead atoms.